The van der Waals surface area contributed by atoms with E-state index >= 15 is 0 Å². The molecule has 4 aromatic heterocycles. The van der Waals surface area contributed by atoms with E-state index in [0.717, 1.165) is 111 Å². The Bertz CT molecular complexity index is 4620. The molecule has 0 amide bonds. The van der Waals surface area contributed by atoms with Crippen LogP contribution in [-0.4, -0.2) is 15.0 Å². The SMILES string of the molecule is c1ccc(-n2c3ccccc3c3cc(C4=NC(c5ccc6c(c5)oc5ccccc56)=C5Cc6ccc7c8cc9ccccc9cc8n(c7c6)-c6ccc7c(oc8ccccc87)c6C5N4)ccc32)cc1. The largest absolute Gasteiger partial charge is 0.456 e. The Hall–Kier alpha value is -9.13. The Morgan fingerprint density at radius 2 is 1.07 bits per heavy atom. The van der Waals surface area contributed by atoms with Gasteiger partial charge in [-0.1, -0.05) is 115 Å². The predicted molar refractivity (Wildman–Crippen MR) is 283 cm³/mol. The van der Waals surface area contributed by atoms with E-state index in [1.54, 1.807) is 0 Å². The lowest BCUT2D eigenvalue weighted by molar-refractivity contribution is 0.641. The summed E-state index contributed by atoms with van der Waals surface area (Å²) in [6.07, 6.45) is 0.654. The molecular formula is C63H38N4O2. The molecule has 10 aromatic carbocycles. The van der Waals surface area contributed by atoms with Crippen molar-refractivity contribution in [2.75, 3.05) is 0 Å². The molecule has 6 heterocycles. The van der Waals surface area contributed by atoms with Crippen molar-refractivity contribution < 1.29 is 8.83 Å². The Labute approximate surface area is 394 Å². The van der Waals surface area contributed by atoms with E-state index < -0.39 is 0 Å². The Balaban J connectivity index is 1.01. The zero-order chi connectivity index (χ0) is 44.9. The maximum absolute atomic E-state index is 7.14. The molecule has 0 saturated carbocycles. The Morgan fingerprint density at radius 1 is 0.435 bits per heavy atom. The van der Waals surface area contributed by atoms with Gasteiger partial charge in [-0.3, -0.25) is 0 Å². The van der Waals surface area contributed by atoms with E-state index in [1.807, 2.05) is 12.1 Å². The summed E-state index contributed by atoms with van der Waals surface area (Å²) in [4.78, 5) is 5.77. The van der Waals surface area contributed by atoms with Crippen molar-refractivity contribution in [1.82, 2.24) is 14.5 Å². The highest BCUT2D eigenvalue weighted by molar-refractivity contribution is 6.17. The number of para-hydroxylation sites is 4. The molecule has 0 aliphatic carbocycles. The van der Waals surface area contributed by atoms with Crippen LogP contribution in [0.1, 0.15) is 28.3 Å². The van der Waals surface area contributed by atoms with E-state index in [2.05, 4.69) is 209 Å². The molecule has 0 radical (unpaired) electrons. The minimum Gasteiger partial charge on any atom is -0.456 e. The van der Waals surface area contributed by atoms with Gasteiger partial charge in [0.05, 0.1) is 39.5 Å². The quantitative estimate of drug-likeness (QED) is 0.192. The molecule has 6 heteroatoms. The molecule has 1 N–H and O–H groups in total. The maximum Gasteiger partial charge on any atom is 0.143 e. The van der Waals surface area contributed by atoms with E-state index in [-0.39, 0.29) is 6.04 Å². The number of aromatic nitrogens is 2. The number of nitrogens with one attached hydrogen (secondary N) is 1. The molecule has 322 valence electrons. The summed E-state index contributed by atoms with van der Waals surface area (Å²) < 4.78 is 18.6. The fraction of sp³-hybridized carbons (Fsp3) is 0.0317. The summed E-state index contributed by atoms with van der Waals surface area (Å²) in [5.41, 5.74) is 16.6. The number of benzene rings is 10. The molecule has 16 rings (SSSR count). The number of hydrogen-bond donors (Lipinski definition) is 1. The lowest BCUT2D eigenvalue weighted by atomic mass is 9.86. The zero-order valence-electron chi connectivity index (χ0n) is 37.1. The Kier molecular flexibility index (Phi) is 7.36. The van der Waals surface area contributed by atoms with Crippen LogP contribution in [0.4, 0.5) is 0 Å². The minimum atomic E-state index is -0.360. The molecule has 1 unspecified atom stereocenters. The van der Waals surface area contributed by atoms with Crippen LogP contribution in [0.15, 0.2) is 226 Å². The summed E-state index contributed by atoms with van der Waals surface area (Å²) in [6, 6.07) is 74.2. The monoisotopic (exact) mass is 882 g/mol. The van der Waals surface area contributed by atoms with Crippen LogP contribution >= 0.6 is 0 Å². The van der Waals surface area contributed by atoms with E-state index in [9.17, 15) is 0 Å². The first-order chi connectivity index (χ1) is 34.2. The summed E-state index contributed by atoms with van der Waals surface area (Å²) in [7, 11) is 0. The summed E-state index contributed by atoms with van der Waals surface area (Å²) in [5, 5.41) is 15.8. The first kappa shape index (κ1) is 37.0. The lowest BCUT2D eigenvalue weighted by Gasteiger charge is -2.32. The average Bonchev–Trinajstić information content (AvgIpc) is 4.15. The van der Waals surface area contributed by atoms with Crippen molar-refractivity contribution >= 4 is 110 Å². The third-order valence-corrected chi connectivity index (χ3v) is 15.0. The van der Waals surface area contributed by atoms with Gasteiger partial charge in [0.15, 0.2) is 0 Å². The summed E-state index contributed by atoms with van der Waals surface area (Å²) >= 11 is 0. The second kappa shape index (κ2) is 13.7. The second-order valence-corrected chi connectivity index (χ2v) is 18.7. The number of furan rings is 2. The highest BCUT2D eigenvalue weighted by Gasteiger charge is 2.35. The molecule has 6 nitrogen and oxygen atoms in total. The molecule has 1 atom stereocenters. The third-order valence-electron chi connectivity index (χ3n) is 15.0. The van der Waals surface area contributed by atoms with Crippen LogP contribution in [0.25, 0.3) is 115 Å². The maximum atomic E-state index is 7.14. The normalized spacial score (nSPS) is 14.9. The van der Waals surface area contributed by atoms with Crippen LogP contribution in [0, 0.1) is 0 Å². The van der Waals surface area contributed by atoms with E-state index in [4.69, 9.17) is 13.8 Å². The van der Waals surface area contributed by atoms with E-state index in [0.29, 0.717) is 6.42 Å². The Morgan fingerprint density at radius 3 is 1.94 bits per heavy atom. The van der Waals surface area contributed by atoms with Gasteiger partial charge in [0, 0.05) is 65.5 Å². The van der Waals surface area contributed by atoms with Crippen LogP contribution in [0.3, 0.4) is 0 Å². The van der Waals surface area contributed by atoms with Gasteiger partial charge in [-0.2, -0.15) is 0 Å². The number of aliphatic imine (C=N–C) groups is 1. The molecule has 0 fully saturated rings. The first-order valence-corrected chi connectivity index (χ1v) is 23.7. The lowest BCUT2D eigenvalue weighted by Crippen LogP contribution is -2.35. The minimum absolute atomic E-state index is 0.360. The van der Waals surface area contributed by atoms with Gasteiger partial charge in [-0.25, -0.2) is 4.99 Å². The topological polar surface area (TPSA) is 60.5 Å². The predicted octanol–water partition coefficient (Wildman–Crippen LogP) is 15.9. The van der Waals surface area contributed by atoms with Crippen molar-refractivity contribution in [2.24, 2.45) is 4.99 Å². The fourth-order valence-corrected chi connectivity index (χ4v) is 11.9. The highest BCUT2D eigenvalue weighted by atomic mass is 16.3. The molecule has 2 aliphatic heterocycles. The van der Waals surface area contributed by atoms with Gasteiger partial charge < -0.3 is 23.3 Å². The number of fused-ring (bicyclic) bond motifs is 19. The summed E-state index contributed by atoms with van der Waals surface area (Å²) in [6.45, 7) is 0. The molecule has 0 spiro atoms. The molecule has 2 aliphatic rings. The third kappa shape index (κ3) is 5.23. The van der Waals surface area contributed by atoms with Crippen LogP contribution in [-0.2, 0) is 6.42 Å². The molecular weight excluding hydrogens is 845 g/mol. The van der Waals surface area contributed by atoms with Gasteiger partial charge in [0.1, 0.15) is 28.2 Å². The van der Waals surface area contributed by atoms with Crippen molar-refractivity contribution in [1.29, 1.82) is 0 Å². The van der Waals surface area contributed by atoms with Crippen LogP contribution < -0.4 is 5.32 Å². The van der Waals surface area contributed by atoms with Gasteiger partial charge in [-0.05, 0) is 119 Å². The van der Waals surface area contributed by atoms with Gasteiger partial charge >= 0.3 is 0 Å². The highest BCUT2D eigenvalue weighted by Crippen LogP contribution is 2.48. The zero-order valence-corrected chi connectivity index (χ0v) is 37.1. The van der Waals surface area contributed by atoms with Crippen LogP contribution in [0.2, 0.25) is 0 Å². The van der Waals surface area contributed by atoms with Gasteiger partial charge in [0.2, 0.25) is 0 Å². The number of nitrogens with zero attached hydrogens (tertiary/aromatic N) is 3. The van der Waals surface area contributed by atoms with E-state index in [1.165, 1.54) is 38.0 Å². The smallest absolute Gasteiger partial charge is 0.143 e. The van der Waals surface area contributed by atoms with Crippen molar-refractivity contribution in [3.05, 3.63) is 234 Å². The molecule has 2 bridgehead atoms. The van der Waals surface area contributed by atoms with Crippen LogP contribution in [0.5, 0.6) is 0 Å². The number of rotatable bonds is 3. The average molecular weight is 883 g/mol. The first-order valence-electron chi connectivity index (χ1n) is 23.7. The fourth-order valence-electron chi connectivity index (χ4n) is 11.9. The summed E-state index contributed by atoms with van der Waals surface area (Å²) in [5.74, 6) is 0.792. The molecule has 14 aromatic rings. The molecule has 0 saturated heterocycles. The van der Waals surface area contributed by atoms with Crippen molar-refractivity contribution in [3.63, 3.8) is 0 Å². The standard InChI is InChI=1S/C63H38N4O2/c1-2-14-41(15-3-1)66-51-19-9-6-16-42(51)48-33-40(24-28-52(48)66)63-64-60(39-23-26-46-44-17-7-10-20-56(44)68-58(46)35-39)50-30-36-22-25-43-49-32-37-12-4-5-13-38(37)34-55(49)67(54(43)31-36)53-29-27-47-45-18-8-11-21-57(45)69-62(47)59(53)61(50)65-63/h1-29,31-35,61H,30H2,(H,64,65). The number of amidine groups is 1. The number of hydrogen-bond acceptors (Lipinski definition) is 4. The van der Waals surface area contributed by atoms with Crippen molar-refractivity contribution in [3.8, 4) is 11.4 Å². The van der Waals surface area contributed by atoms with Gasteiger partial charge in [-0.15, -0.1) is 0 Å². The van der Waals surface area contributed by atoms with Crippen molar-refractivity contribution in [2.45, 2.75) is 12.5 Å². The second-order valence-electron chi connectivity index (χ2n) is 18.7. The molecule has 69 heavy (non-hydrogen) atoms. The van der Waals surface area contributed by atoms with Gasteiger partial charge in [0.25, 0.3) is 0 Å².